The number of hydrogen-bond donors (Lipinski definition) is 4. The topological polar surface area (TPSA) is 150 Å². The Morgan fingerprint density at radius 1 is 1.02 bits per heavy atom. The van der Waals surface area contributed by atoms with Crippen LogP contribution in [0.5, 0.6) is 5.75 Å². The van der Waals surface area contributed by atoms with Crippen molar-refractivity contribution in [1.82, 2.24) is 30.0 Å². The number of rotatable bonds is 9. The molecular formula is C30H39F3N10O3. The lowest BCUT2D eigenvalue weighted by Gasteiger charge is -2.42. The van der Waals surface area contributed by atoms with E-state index in [4.69, 9.17) is 10.5 Å². The second kappa shape index (κ2) is 13.7. The molecule has 5 heterocycles. The first-order valence-electron chi connectivity index (χ1n) is 15.5. The van der Waals surface area contributed by atoms with Gasteiger partial charge in [-0.05, 0) is 50.9 Å². The van der Waals surface area contributed by atoms with Crippen molar-refractivity contribution >= 4 is 28.9 Å². The van der Waals surface area contributed by atoms with Gasteiger partial charge in [-0.25, -0.2) is 9.97 Å². The smallest absolute Gasteiger partial charge is 0.403 e. The molecule has 2 aromatic heterocycles. The first-order chi connectivity index (χ1) is 22.1. The number of carbonyl (C=O) groups excluding carboxylic acids is 1. The van der Waals surface area contributed by atoms with Gasteiger partial charge in [-0.2, -0.15) is 5.10 Å². The summed E-state index contributed by atoms with van der Waals surface area (Å²) in [6.07, 6.45) is -0.141. The number of nitrogens with zero attached hydrogens (tertiary/aromatic N) is 6. The standard InChI is InChI=1S/C30H39F3N10O3/c1-41-12-14-42(15-13-41)21-5-10-43(11-6-21)23-3-2-20(18-24(23)46-30(31,32)33)37-29-26(27(34)44)38-25(22-4-9-35-40-22)28(39-29)36-19-7-16-45-17-8-19/h2-4,9,18-19,21H,5-8,10-17H2,1H3,(H2,34,44)(H,35,40)(H2,36,37,39). The van der Waals surface area contributed by atoms with E-state index in [9.17, 15) is 18.0 Å². The van der Waals surface area contributed by atoms with Crippen molar-refractivity contribution < 1.29 is 27.4 Å². The first kappa shape index (κ1) is 31.8. The van der Waals surface area contributed by atoms with Crippen LogP contribution in [0.3, 0.4) is 0 Å². The molecule has 3 aliphatic heterocycles. The molecule has 0 spiro atoms. The van der Waals surface area contributed by atoms with E-state index in [1.165, 1.54) is 6.07 Å². The van der Waals surface area contributed by atoms with Gasteiger partial charge in [-0.3, -0.25) is 14.8 Å². The Bertz CT molecular complexity index is 1480. The highest BCUT2D eigenvalue weighted by Crippen LogP contribution is 2.38. The maximum absolute atomic E-state index is 13.6. The molecule has 0 atom stereocenters. The van der Waals surface area contributed by atoms with E-state index in [0.29, 0.717) is 55.2 Å². The number of primary amides is 1. The Labute approximate surface area is 264 Å². The quantitative estimate of drug-likeness (QED) is 0.272. The summed E-state index contributed by atoms with van der Waals surface area (Å²) in [6.45, 7) is 6.38. The summed E-state index contributed by atoms with van der Waals surface area (Å²) in [5.74, 6) is -0.882. The molecule has 248 valence electrons. The molecule has 46 heavy (non-hydrogen) atoms. The van der Waals surface area contributed by atoms with E-state index in [-0.39, 0.29) is 29.0 Å². The van der Waals surface area contributed by atoms with Crippen LogP contribution in [-0.4, -0.2) is 114 Å². The van der Waals surface area contributed by atoms with Crippen LogP contribution < -0.4 is 26.0 Å². The van der Waals surface area contributed by atoms with Crippen molar-refractivity contribution in [2.75, 3.05) is 75.1 Å². The fourth-order valence-electron chi connectivity index (χ4n) is 6.26. The van der Waals surface area contributed by atoms with Crippen LogP contribution in [0.4, 0.5) is 36.2 Å². The molecule has 5 N–H and O–H groups in total. The van der Waals surface area contributed by atoms with Gasteiger partial charge in [0, 0.05) is 82.5 Å². The van der Waals surface area contributed by atoms with E-state index >= 15 is 0 Å². The van der Waals surface area contributed by atoms with E-state index in [1.54, 1.807) is 24.4 Å². The summed E-state index contributed by atoms with van der Waals surface area (Å²) in [4.78, 5) is 28.4. The highest BCUT2D eigenvalue weighted by molar-refractivity contribution is 5.97. The Hall–Kier alpha value is -4.15. The first-order valence-corrected chi connectivity index (χ1v) is 15.5. The Balaban J connectivity index is 1.27. The number of nitrogens with one attached hydrogen (secondary N) is 3. The molecule has 1 aromatic carbocycles. The van der Waals surface area contributed by atoms with Gasteiger partial charge in [0.1, 0.15) is 11.4 Å². The number of amides is 1. The SMILES string of the molecule is CN1CCN(C2CCN(c3ccc(Nc4nc(NC5CCOCC5)c(-c5cc[nH]n5)nc4C(N)=O)cc3OC(F)(F)F)CC2)CC1. The average molecular weight is 645 g/mol. The number of alkyl halides is 3. The number of aromatic amines is 1. The van der Waals surface area contributed by atoms with Crippen LogP contribution >= 0.6 is 0 Å². The van der Waals surface area contributed by atoms with Crippen LogP contribution in [0.2, 0.25) is 0 Å². The molecular weight excluding hydrogens is 605 g/mol. The summed E-state index contributed by atoms with van der Waals surface area (Å²) in [6, 6.07) is 6.59. The number of ether oxygens (including phenoxy) is 2. The van der Waals surface area contributed by atoms with Gasteiger partial charge in [0.25, 0.3) is 5.91 Å². The van der Waals surface area contributed by atoms with Crippen molar-refractivity contribution in [3.63, 3.8) is 0 Å². The van der Waals surface area contributed by atoms with E-state index < -0.39 is 12.3 Å². The predicted octanol–water partition coefficient (Wildman–Crippen LogP) is 3.41. The minimum Gasteiger partial charge on any atom is -0.403 e. The predicted molar refractivity (Wildman–Crippen MR) is 166 cm³/mol. The van der Waals surface area contributed by atoms with Crippen LogP contribution in [0.1, 0.15) is 36.2 Å². The molecule has 0 unspecified atom stereocenters. The van der Waals surface area contributed by atoms with Crippen LogP contribution in [0, 0.1) is 0 Å². The van der Waals surface area contributed by atoms with Crippen molar-refractivity contribution in [3.05, 3.63) is 36.2 Å². The molecule has 3 aliphatic rings. The molecule has 0 bridgehead atoms. The molecule has 0 aliphatic carbocycles. The van der Waals surface area contributed by atoms with Gasteiger partial charge in [-0.1, -0.05) is 0 Å². The number of benzene rings is 1. The second-order valence-corrected chi connectivity index (χ2v) is 11.9. The number of nitrogens with two attached hydrogens (primary N) is 1. The zero-order valence-corrected chi connectivity index (χ0v) is 25.6. The lowest BCUT2D eigenvalue weighted by molar-refractivity contribution is -0.274. The van der Waals surface area contributed by atoms with E-state index in [2.05, 4.69) is 52.4 Å². The molecule has 0 radical (unpaired) electrons. The van der Waals surface area contributed by atoms with Crippen molar-refractivity contribution in [1.29, 1.82) is 0 Å². The van der Waals surface area contributed by atoms with Gasteiger partial charge in [0.05, 0.1) is 5.69 Å². The molecule has 6 rings (SSSR count). The summed E-state index contributed by atoms with van der Waals surface area (Å²) >= 11 is 0. The van der Waals surface area contributed by atoms with E-state index in [1.807, 2.05) is 4.90 Å². The minimum absolute atomic E-state index is 0.0138. The Morgan fingerprint density at radius 2 is 1.76 bits per heavy atom. The number of aromatic nitrogens is 4. The lowest BCUT2D eigenvalue weighted by Crippen LogP contribution is -2.52. The maximum atomic E-state index is 13.6. The monoisotopic (exact) mass is 644 g/mol. The highest BCUT2D eigenvalue weighted by Gasteiger charge is 2.34. The summed E-state index contributed by atoms with van der Waals surface area (Å²) in [7, 11) is 2.11. The molecule has 3 aromatic rings. The molecule has 3 fully saturated rings. The zero-order chi connectivity index (χ0) is 32.3. The largest absolute Gasteiger partial charge is 0.573 e. The third-order valence-corrected chi connectivity index (χ3v) is 8.74. The normalized spacial score (nSPS) is 19.3. The Kier molecular flexibility index (Phi) is 9.47. The van der Waals surface area contributed by atoms with Crippen molar-refractivity contribution in [2.24, 2.45) is 5.73 Å². The number of piperazine rings is 1. The number of hydrogen-bond acceptors (Lipinski definition) is 11. The fraction of sp³-hybridized carbons (Fsp3) is 0.533. The second-order valence-electron chi connectivity index (χ2n) is 11.9. The van der Waals surface area contributed by atoms with Crippen LogP contribution in [-0.2, 0) is 4.74 Å². The molecule has 1 amide bonds. The third-order valence-electron chi connectivity index (χ3n) is 8.74. The van der Waals surface area contributed by atoms with Crippen LogP contribution in [0.15, 0.2) is 30.5 Å². The molecule has 3 saturated heterocycles. The zero-order valence-electron chi connectivity index (χ0n) is 25.6. The number of piperidine rings is 1. The number of anilines is 4. The number of carbonyl (C=O) groups is 1. The lowest BCUT2D eigenvalue weighted by atomic mass is 10.0. The fourth-order valence-corrected chi connectivity index (χ4v) is 6.26. The molecule has 0 saturated carbocycles. The Morgan fingerprint density at radius 3 is 2.41 bits per heavy atom. The number of likely N-dealkylation sites (N-methyl/N-ethyl adjacent to an activating group) is 1. The van der Waals surface area contributed by atoms with Gasteiger partial charge < -0.3 is 35.6 Å². The number of H-pyrrole nitrogens is 1. The molecule has 16 heteroatoms. The summed E-state index contributed by atoms with van der Waals surface area (Å²) in [5.41, 5.74) is 6.82. The third kappa shape index (κ3) is 7.62. The number of halogens is 3. The van der Waals surface area contributed by atoms with Gasteiger partial charge >= 0.3 is 6.36 Å². The average Bonchev–Trinajstić information content (AvgIpc) is 3.57. The molecule has 13 nitrogen and oxygen atoms in total. The van der Waals surface area contributed by atoms with Gasteiger partial charge in [0.2, 0.25) is 0 Å². The maximum Gasteiger partial charge on any atom is 0.573 e. The van der Waals surface area contributed by atoms with Gasteiger partial charge in [-0.15, -0.1) is 13.2 Å². The van der Waals surface area contributed by atoms with Gasteiger partial charge in [0.15, 0.2) is 23.1 Å². The summed E-state index contributed by atoms with van der Waals surface area (Å²) < 4.78 is 50.9. The summed E-state index contributed by atoms with van der Waals surface area (Å²) in [5, 5.41) is 13.3. The van der Waals surface area contributed by atoms with Crippen LogP contribution in [0.25, 0.3) is 11.4 Å². The van der Waals surface area contributed by atoms with Crippen molar-refractivity contribution in [3.8, 4) is 17.1 Å². The van der Waals surface area contributed by atoms with Crippen molar-refractivity contribution in [2.45, 2.75) is 44.1 Å². The van der Waals surface area contributed by atoms with E-state index in [0.717, 1.165) is 51.9 Å². The highest BCUT2D eigenvalue weighted by atomic mass is 19.4. The minimum atomic E-state index is -4.91.